The van der Waals surface area contributed by atoms with E-state index in [4.69, 9.17) is 9.84 Å². The number of carbonyl (C=O) groups excluding carboxylic acids is 1. The minimum absolute atomic E-state index is 0.198. The van der Waals surface area contributed by atoms with Gasteiger partial charge in [0.1, 0.15) is 0 Å². The Morgan fingerprint density at radius 1 is 1.00 bits per heavy atom. The van der Waals surface area contributed by atoms with E-state index in [0.717, 1.165) is 55.1 Å². The maximum atomic E-state index is 12.0. The summed E-state index contributed by atoms with van der Waals surface area (Å²) in [5.74, 6) is -2.35. The van der Waals surface area contributed by atoms with Gasteiger partial charge in [-0.05, 0) is 28.5 Å². The summed E-state index contributed by atoms with van der Waals surface area (Å²) in [4.78, 5) is 30.1. The molecule has 0 amide bonds. The van der Waals surface area contributed by atoms with Crippen LogP contribution in [0.5, 0.6) is 0 Å². The first-order valence-corrected chi connectivity index (χ1v) is 9.18. The molecule has 0 unspecified atom stereocenters. The number of fused-ring (bicyclic) bond motifs is 1. The Bertz CT molecular complexity index is 1020. The Morgan fingerprint density at radius 3 is 2.43 bits per heavy atom. The van der Waals surface area contributed by atoms with Crippen molar-refractivity contribution in [3.63, 3.8) is 0 Å². The summed E-state index contributed by atoms with van der Waals surface area (Å²) >= 11 is 0. The molecule has 2 aromatic carbocycles. The number of hydrogen-bond acceptors (Lipinski definition) is 5. The molecule has 1 N–H and O–H groups in total. The zero-order valence-electron chi connectivity index (χ0n) is 15.3. The van der Waals surface area contributed by atoms with Crippen molar-refractivity contribution in [3.05, 3.63) is 66.0 Å². The van der Waals surface area contributed by atoms with Gasteiger partial charge in [0, 0.05) is 37.0 Å². The molecule has 28 heavy (non-hydrogen) atoms. The van der Waals surface area contributed by atoms with Gasteiger partial charge >= 0.3 is 5.97 Å². The van der Waals surface area contributed by atoms with Crippen molar-refractivity contribution in [3.8, 4) is 11.1 Å². The second-order valence-electron chi connectivity index (χ2n) is 6.77. The molecule has 0 spiro atoms. The minimum atomic E-state index is -1.45. The highest BCUT2D eigenvalue weighted by Gasteiger charge is 2.19. The zero-order chi connectivity index (χ0) is 19.5. The summed E-state index contributed by atoms with van der Waals surface area (Å²) in [5.41, 5.74) is 3.04. The third kappa shape index (κ3) is 3.65. The number of aliphatic carboxylic acids is 1. The number of ether oxygens (including phenoxy) is 1. The zero-order valence-corrected chi connectivity index (χ0v) is 15.3. The fourth-order valence-electron chi connectivity index (χ4n) is 3.53. The molecule has 0 aliphatic carbocycles. The first-order valence-electron chi connectivity index (χ1n) is 9.18. The van der Waals surface area contributed by atoms with Gasteiger partial charge in [-0.15, -0.1) is 0 Å². The average Bonchev–Trinajstić information content (AvgIpc) is 2.74. The summed E-state index contributed by atoms with van der Waals surface area (Å²) in [7, 11) is 0. The van der Waals surface area contributed by atoms with Crippen LogP contribution in [0.25, 0.3) is 21.9 Å². The largest absolute Gasteiger partial charge is 0.475 e. The van der Waals surface area contributed by atoms with Crippen molar-refractivity contribution >= 4 is 22.5 Å². The van der Waals surface area contributed by atoms with Crippen molar-refractivity contribution in [1.29, 1.82) is 0 Å². The normalized spacial score (nSPS) is 14.9. The van der Waals surface area contributed by atoms with Gasteiger partial charge in [-0.3, -0.25) is 14.7 Å². The third-order valence-corrected chi connectivity index (χ3v) is 4.99. The minimum Gasteiger partial charge on any atom is -0.475 e. The molecule has 4 rings (SSSR count). The number of carboxylic acid groups (broad SMARTS) is 1. The lowest BCUT2D eigenvalue weighted by molar-refractivity contribution is -0.131. The lowest BCUT2D eigenvalue weighted by atomic mass is 9.94. The molecule has 1 aliphatic heterocycles. The maximum Gasteiger partial charge on any atom is 0.377 e. The van der Waals surface area contributed by atoms with Crippen molar-refractivity contribution in [2.75, 3.05) is 26.3 Å². The predicted octanol–water partition coefficient (Wildman–Crippen LogP) is 3.00. The van der Waals surface area contributed by atoms with Crippen LogP contribution in [0.2, 0.25) is 0 Å². The fourth-order valence-corrected chi connectivity index (χ4v) is 3.53. The molecule has 0 atom stereocenters. The van der Waals surface area contributed by atoms with Crippen LogP contribution in [-0.2, 0) is 16.1 Å². The summed E-state index contributed by atoms with van der Waals surface area (Å²) in [6, 6.07) is 14.7. The van der Waals surface area contributed by atoms with Crippen molar-refractivity contribution in [2.24, 2.45) is 0 Å². The van der Waals surface area contributed by atoms with E-state index in [1.807, 2.05) is 30.5 Å². The highest BCUT2D eigenvalue weighted by molar-refractivity contribution is 6.42. The van der Waals surface area contributed by atoms with Gasteiger partial charge < -0.3 is 9.84 Å². The number of hydrogen-bond donors (Lipinski definition) is 1. The molecule has 1 fully saturated rings. The number of rotatable bonds is 5. The number of pyridine rings is 1. The highest BCUT2D eigenvalue weighted by Crippen LogP contribution is 2.31. The lowest BCUT2D eigenvalue weighted by Crippen LogP contribution is -2.35. The Kier molecular flexibility index (Phi) is 5.14. The molecule has 6 heteroatoms. The summed E-state index contributed by atoms with van der Waals surface area (Å²) in [6.45, 7) is 4.12. The van der Waals surface area contributed by atoms with E-state index in [2.05, 4.69) is 9.88 Å². The second kappa shape index (κ2) is 7.88. The van der Waals surface area contributed by atoms with E-state index >= 15 is 0 Å². The Morgan fingerprint density at radius 2 is 1.75 bits per heavy atom. The Labute approximate surface area is 162 Å². The average molecular weight is 376 g/mol. The van der Waals surface area contributed by atoms with Gasteiger partial charge in [-0.1, -0.05) is 36.4 Å². The molecular formula is C22H20N2O4. The Balaban J connectivity index is 1.66. The molecule has 0 radical (unpaired) electrons. The number of carbonyl (C=O) groups is 2. The van der Waals surface area contributed by atoms with E-state index in [-0.39, 0.29) is 5.56 Å². The standard InChI is InChI=1S/C22H20N2O4/c25-21(22(26)27)20-8-7-17(18-3-1-2-4-19(18)20)15-5-6-16(23-13-15)14-24-9-11-28-12-10-24/h1-8,13H,9-12,14H2,(H,26,27). The summed E-state index contributed by atoms with van der Waals surface area (Å²) < 4.78 is 5.37. The van der Waals surface area contributed by atoms with Crippen LogP contribution in [0.3, 0.4) is 0 Å². The maximum absolute atomic E-state index is 12.0. The molecule has 1 aromatic heterocycles. The molecule has 0 saturated carbocycles. The van der Waals surface area contributed by atoms with Gasteiger partial charge in [-0.2, -0.15) is 0 Å². The van der Waals surface area contributed by atoms with Gasteiger partial charge in [-0.25, -0.2) is 4.79 Å². The number of ketones is 1. The number of nitrogens with zero attached hydrogens (tertiary/aromatic N) is 2. The van der Waals surface area contributed by atoms with Crippen molar-refractivity contribution in [1.82, 2.24) is 9.88 Å². The smallest absolute Gasteiger partial charge is 0.377 e. The molecule has 6 nitrogen and oxygen atoms in total. The highest BCUT2D eigenvalue weighted by atomic mass is 16.5. The van der Waals surface area contributed by atoms with Crippen LogP contribution in [0.4, 0.5) is 0 Å². The van der Waals surface area contributed by atoms with E-state index in [0.29, 0.717) is 5.39 Å². The van der Waals surface area contributed by atoms with Crippen LogP contribution in [-0.4, -0.2) is 53.0 Å². The fraction of sp³-hybridized carbons (Fsp3) is 0.227. The Hall–Kier alpha value is -3.09. The number of carboxylic acids is 1. The molecule has 3 aromatic rings. The summed E-state index contributed by atoms with van der Waals surface area (Å²) in [6.07, 6.45) is 1.83. The van der Waals surface area contributed by atoms with Gasteiger partial charge in [0.05, 0.1) is 18.9 Å². The lowest BCUT2D eigenvalue weighted by Gasteiger charge is -2.26. The number of morpholine rings is 1. The first-order chi connectivity index (χ1) is 13.6. The topological polar surface area (TPSA) is 79.7 Å². The predicted molar refractivity (Wildman–Crippen MR) is 105 cm³/mol. The van der Waals surface area contributed by atoms with Crippen LogP contribution >= 0.6 is 0 Å². The van der Waals surface area contributed by atoms with Crippen LogP contribution in [0.1, 0.15) is 16.1 Å². The van der Waals surface area contributed by atoms with Crippen molar-refractivity contribution < 1.29 is 19.4 Å². The quantitative estimate of drug-likeness (QED) is 0.545. The van der Waals surface area contributed by atoms with Crippen LogP contribution < -0.4 is 0 Å². The molecule has 142 valence electrons. The molecule has 2 heterocycles. The molecule has 1 saturated heterocycles. The SMILES string of the molecule is O=C(O)C(=O)c1ccc(-c2ccc(CN3CCOCC3)nc2)c2ccccc12. The van der Waals surface area contributed by atoms with E-state index in [1.165, 1.54) is 0 Å². The van der Waals surface area contributed by atoms with Gasteiger partial charge in [0.2, 0.25) is 0 Å². The second-order valence-corrected chi connectivity index (χ2v) is 6.77. The van der Waals surface area contributed by atoms with E-state index in [1.54, 1.807) is 24.3 Å². The number of benzene rings is 2. The third-order valence-electron chi connectivity index (χ3n) is 4.99. The van der Waals surface area contributed by atoms with Crippen LogP contribution in [0.15, 0.2) is 54.7 Å². The van der Waals surface area contributed by atoms with Gasteiger partial charge in [0.15, 0.2) is 0 Å². The van der Waals surface area contributed by atoms with Gasteiger partial charge in [0.25, 0.3) is 5.78 Å². The van der Waals surface area contributed by atoms with Crippen LogP contribution in [0, 0.1) is 0 Å². The number of Topliss-reactive ketones (excluding diaryl/α,β-unsaturated/α-hetero) is 1. The number of aromatic nitrogens is 1. The molecule has 0 bridgehead atoms. The van der Waals surface area contributed by atoms with E-state index in [9.17, 15) is 9.59 Å². The molecule has 1 aliphatic rings. The first kappa shape index (κ1) is 18.3. The summed E-state index contributed by atoms with van der Waals surface area (Å²) in [5, 5.41) is 10.5. The van der Waals surface area contributed by atoms with Crippen molar-refractivity contribution in [2.45, 2.75) is 6.54 Å². The monoisotopic (exact) mass is 376 g/mol. The molecular weight excluding hydrogens is 356 g/mol. The van der Waals surface area contributed by atoms with E-state index < -0.39 is 11.8 Å².